The van der Waals surface area contributed by atoms with Crippen molar-refractivity contribution >= 4 is 23.8 Å². The summed E-state index contributed by atoms with van der Waals surface area (Å²) in [5.41, 5.74) is 2.77. The summed E-state index contributed by atoms with van der Waals surface area (Å²) in [5.74, 6) is 0.263. The SMILES string of the molecule is CCOC(=O)C1=C(CSc2nnc(-c3ccccc3C)o2)NC(=O)N[C@@H]1C. The molecule has 2 N–H and O–H groups in total. The predicted octanol–water partition coefficient (Wildman–Crippen LogP) is 2.66. The number of hydrogen-bond acceptors (Lipinski definition) is 7. The van der Waals surface area contributed by atoms with Crippen LogP contribution in [0, 0.1) is 6.92 Å². The van der Waals surface area contributed by atoms with Crippen molar-refractivity contribution in [1.29, 1.82) is 0 Å². The lowest BCUT2D eigenvalue weighted by atomic mass is 10.1. The molecule has 8 nitrogen and oxygen atoms in total. The maximum Gasteiger partial charge on any atom is 0.337 e. The lowest BCUT2D eigenvalue weighted by Gasteiger charge is -2.26. The molecule has 2 aromatic rings. The van der Waals surface area contributed by atoms with Gasteiger partial charge in [-0.1, -0.05) is 30.0 Å². The summed E-state index contributed by atoms with van der Waals surface area (Å²) in [5, 5.41) is 13.8. The molecule has 0 spiro atoms. The van der Waals surface area contributed by atoms with E-state index in [9.17, 15) is 9.59 Å². The second-order valence-electron chi connectivity index (χ2n) is 5.91. The number of aromatic nitrogens is 2. The first-order valence-electron chi connectivity index (χ1n) is 8.49. The number of amides is 2. The number of hydrogen-bond donors (Lipinski definition) is 2. The fraction of sp³-hybridized carbons (Fsp3) is 0.333. The highest BCUT2D eigenvalue weighted by molar-refractivity contribution is 7.99. The highest BCUT2D eigenvalue weighted by atomic mass is 32.2. The van der Waals surface area contributed by atoms with Crippen molar-refractivity contribution in [2.24, 2.45) is 0 Å². The Balaban J connectivity index is 1.78. The van der Waals surface area contributed by atoms with Crippen LogP contribution in [0.25, 0.3) is 11.5 Å². The van der Waals surface area contributed by atoms with Gasteiger partial charge in [0.15, 0.2) is 0 Å². The second-order valence-corrected chi connectivity index (χ2v) is 6.84. The van der Waals surface area contributed by atoms with Gasteiger partial charge in [-0.25, -0.2) is 9.59 Å². The van der Waals surface area contributed by atoms with E-state index in [1.54, 1.807) is 13.8 Å². The van der Waals surface area contributed by atoms with Gasteiger partial charge in [-0.05, 0) is 32.4 Å². The van der Waals surface area contributed by atoms with Crippen molar-refractivity contribution in [2.45, 2.75) is 32.0 Å². The third-order valence-corrected chi connectivity index (χ3v) is 4.83. The monoisotopic (exact) mass is 388 g/mol. The van der Waals surface area contributed by atoms with E-state index in [0.717, 1.165) is 11.1 Å². The molecule has 27 heavy (non-hydrogen) atoms. The summed E-state index contributed by atoms with van der Waals surface area (Å²) in [4.78, 5) is 24.0. The third kappa shape index (κ3) is 4.30. The van der Waals surface area contributed by atoms with Gasteiger partial charge >= 0.3 is 12.0 Å². The Kier molecular flexibility index (Phi) is 5.80. The first kappa shape index (κ1) is 19.0. The Labute approximate surface area is 160 Å². The summed E-state index contributed by atoms with van der Waals surface area (Å²) in [7, 11) is 0. The molecule has 1 aromatic heterocycles. The van der Waals surface area contributed by atoms with E-state index in [0.29, 0.717) is 28.1 Å². The first-order chi connectivity index (χ1) is 13.0. The molecule has 0 fully saturated rings. The standard InChI is InChI=1S/C18H20N4O4S/c1-4-25-16(23)14-11(3)19-17(24)20-13(14)9-27-18-22-21-15(26-18)12-8-6-5-7-10(12)2/h5-8,11H,4,9H2,1-3H3,(H2,19,20,24)/t11-/m1/s1. The highest BCUT2D eigenvalue weighted by Gasteiger charge is 2.30. The molecule has 0 aliphatic carbocycles. The topological polar surface area (TPSA) is 106 Å². The van der Waals surface area contributed by atoms with E-state index in [1.807, 2.05) is 31.2 Å². The molecule has 142 valence electrons. The molecule has 0 saturated heterocycles. The molecule has 2 heterocycles. The zero-order valence-corrected chi connectivity index (χ0v) is 16.1. The molecule has 0 unspecified atom stereocenters. The molecule has 9 heteroatoms. The van der Waals surface area contributed by atoms with E-state index >= 15 is 0 Å². The molecule has 1 atom stereocenters. The minimum absolute atomic E-state index is 0.257. The van der Waals surface area contributed by atoms with Crippen LogP contribution in [0.4, 0.5) is 4.79 Å². The van der Waals surface area contributed by atoms with Crippen LogP contribution in [-0.2, 0) is 9.53 Å². The summed E-state index contributed by atoms with van der Waals surface area (Å²) in [6.07, 6.45) is 0. The van der Waals surface area contributed by atoms with Crippen molar-refractivity contribution in [3.05, 3.63) is 41.1 Å². The van der Waals surface area contributed by atoms with Crippen molar-refractivity contribution < 1.29 is 18.7 Å². The quantitative estimate of drug-likeness (QED) is 0.579. The molecule has 0 radical (unpaired) electrons. The van der Waals surface area contributed by atoms with Crippen molar-refractivity contribution in [3.8, 4) is 11.5 Å². The number of carbonyl (C=O) groups is 2. The van der Waals surface area contributed by atoms with Gasteiger partial charge in [0.2, 0.25) is 5.89 Å². The molecular formula is C18H20N4O4S. The van der Waals surface area contributed by atoms with Gasteiger partial charge in [-0.3, -0.25) is 0 Å². The second kappa shape index (κ2) is 8.26. The minimum Gasteiger partial charge on any atom is -0.463 e. The summed E-state index contributed by atoms with van der Waals surface area (Å²) >= 11 is 1.24. The number of nitrogens with one attached hydrogen (secondary N) is 2. The number of rotatable bonds is 6. The third-order valence-electron chi connectivity index (χ3n) is 3.99. The number of aryl methyl sites for hydroxylation is 1. The number of nitrogens with zero attached hydrogens (tertiary/aromatic N) is 2. The summed E-state index contributed by atoms with van der Waals surface area (Å²) in [6.45, 7) is 5.69. The number of thioether (sulfide) groups is 1. The summed E-state index contributed by atoms with van der Waals surface area (Å²) in [6, 6.07) is 6.91. The van der Waals surface area contributed by atoms with Gasteiger partial charge in [0.1, 0.15) is 0 Å². The molecule has 0 saturated carbocycles. The van der Waals surface area contributed by atoms with Crippen LogP contribution in [0.15, 0.2) is 45.2 Å². The van der Waals surface area contributed by atoms with Crippen molar-refractivity contribution in [2.75, 3.05) is 12.4 Å². The van der Waals surface area contributed by atoms with Crippen molar-refractivity contribution in [1.82, 2.24) is 20.8 Å². The van der Waals surface area contributed by atoms with E-state index in [4.69, 9.17) is 9.15 Å². The zero-order chi connectivity index (χ0) is 19.4. The maximum absolute atomic E-state index is 12.2. The molecule has 0 bridgehead atoms. The average molecular weight is 388 g/mol. The van der Waals surface area contributed by atoms with Gasteiger partial charge in [0, 0.05) is 17.0 Å². The van der Waals surface area contributed by atoms with Crippen LogP contribution < -0.4 is 10.6 Å². The minimum atomic E-state index is -0.459. The van der Waals surface area contributed by atoms with E-state index < -0.39 is 12.0 Å². The number of esters is 1. The Morgan fingerprint density at radius 2 is 2.11 bits per heavy atom. The van der Waals surface area contributed by atoms with Crippen LogP contribution in [0.3, 0.4) is 0 Å². The van der Waals surface area contributed by atoms with Gasteiger partial charge in [-0.15, -0.1) is 10.2 Å². The predicted molar refractivity (Wildman–Crippen MR) is 100.0 cm³/mol. The number of ether oxygens (including phenoxy) is 1. The molecule has 3 rings (SSSR count). The Hall–Kier alpha value is -2.81. The van der Waals surface area contributed by atoms with Gasteiger partial charge in [0.25, 0.3) is 5.22 Å². The average Bonchev–Trinajstić information content (AvgIpc) is 3.08. The van der Waals surface area contributed by atoms with Crippen molar-refractivity contribution in [3.63, 3.8) is 0 Å². The summed E-state index contributed by atoms with van der Waals surface area (Å²) < 4.78 is 10.8. The molecular weight excluding hydrogens is 368 g/mol. The normalized spacial score (nSPS) is 16.7. The van der Waals surface area contributed by atoms with Crippen LogP contribution >= 0.6 is 11.8 Å². The lowest BCUT2D eigenvalue weighted by Crippen LogP contribution is -2.49. The Morgan fingerprint density at radius 3 is 2.85 bits per heavy atom. The largest absolute Gasteiger partial charge is 0.463 e. The van der Waals surface area contributed by atoms with Gasteiger partial charge in [0.05, 0.1) is 18.2 Å². The van der Waals surface area contributed by atoms with Gasteiger partial charge < -0.3 is 19.8 Å². The molecule has 1 aliphatic rings. The number of carbonyl (C=O) groups excluding carboxylic acids is 2. The number of benzene rings is 1. The first-order valence-corrected chi connectivity index (χ1v) is 9.48. The van der Waals surface area contributed by atoms with Crippen LogP contribution in [0.5, 0.6) is 0 Å². The highest BCUT2D eigenvalue weighted by Crippen LogP contribution is 2.27. The molecule has 1 aliphatic heterocycles. The smallest absolute Gasteiger partial charge is 0.337 e. The molecule has 1 aromatic carbocycles. The Bertz CT molecular complexity index is 893. The fourth-order valence-electron chi connectivity index (χ4n) is 2.72. The van der Waals surface area contributed by atoms with E-state index in [1.165, 1.54) is 11.8 Å². The van der Waals surface area contributed by atoms with Crippen LogP contribution in [0.1, 0.15) is 19.4 Å². The number of urea groups is 1. The van der Waals surface area contributed by atoms with Crippen LogP contribution in [0.2, 0.25) is 0 Å². The van der Waals surface area contributed by atoms with E-state index in [2.05, 4.69) is 20.8 Å². The molecule has 2 amide bonds. The maximum atomic E-state index is 12.2. The Morgan fingerprint density at radius 1 is 1.33 bits per heavy atom. The van der Waals surface area contributed by atoms with E-state index in [-0.39, 0.29) is 12.6 Å². The van der Waals surface area contributed by atoms with Crippen LogP contribution in [-0.4, -0.2) is 40.6 Å². The lowest BCUT2D eigenvalue weighted by molar-refractivity contribution is -0.138. The fourth-order valence-corrected chi connectivity index (χ4v) is 3.45. The van der Waals surface area contributed by atoms with Gasteiger partial charge in [-0.2, -0.15) is 0 Å². The zero-order valence-electron chi connectivity index (χ0n) is 15.2.